The summed E-state index contributed by atoms with van der Waals surface area (Å²) < 4.78 is 0. The number of terminal acetylenes is 1. The van der Waals surface area contributed by atoms with E-state index in [4.69, 9.17) is 17.3 Å². The molecule has 0 unspecified atom stereocenters. The Labute approximate surface area is 85.1 Å². The molecule has 76 valence electrons. The molecule has 4 heteroatoms. The Morgan fingerprint density at radius 3 is 2.54 bits per heavy atom. The van der Waals surface area contributed by atoms with E-state index in [0.29, 0.717) is 12.8 Å². The molecule has 0 rings (SSSR count). The second kappa shape index (κ2) is 6.76. The highest BCUT2D eigenvalue weighted by molar-refractivity contribution is 5.85. The molecule has 0 aliphatic heterocycles. The van der Waals surface area contributed by atoms with Gasteiger partial charge in [0.25, 0.3) is 0 Å². The third-order valence-corrected chi connectivity index (χ3v) is 1.76. The van der Waals surface area contributed by atoms with Gasteiger partial charge in [-0.3, -0.25) is 4.79 Å². The number of carboxylic acid groups (broad SMARTS) is 1. The minimum atomic E-state index is -1.10. The molecular weight excluding hydrogens is 190 g/mol. The van der Waals surface area contributed by atoms with Crippen LogP contribution >= 0.6 is 12.4 Å². The first-order valence-electron chi connectivity index (χ1n) is 3.96. The summed E-state index contributed by atoms with van der Waals surface area (Å²) >= 11 is 0. The zero-order valence-corrected chi connectivity index (χ0v) is 8.56. The van der Waals surface area contributed by atoms with Crippen LogP contribution in [0, 0.1) is 12.3 Å². The summed E-state index contributed by atoms with van der Waals surface area (Å²) in [6.45, 7) is 1.52. The first kappa shape index (κ1) is 14.8. The van der Waals surface area contributed by atoms with Gasteiger partial charge in [-0.1, -0.05) is 6.42 Å². The molecule has 3 nitrogen and oxygen atoms in total. The fraction of sp³-hybridized carbons (Fsp3) is 0.667. The molecule has 0 heterocycles. The van der Waals surface area contributed by atoms with E-state index in [9.17, 15) is 4.79 Å². The van der Waals surface area contributed by atoms with E-state index in [1.54, 1.807) is 0 Å². The summed E-state index contributed by atoms with van der Waals surface area (Å²) in [4.78, 5) is 10.5. The fourth-order valence-corrected chi connectivity index (χ4v) is 0.826. The van der Waals surface area contributed by atoms with Gasteiger partial charge in [0, 0.05) is 6.42 Å². The summed E-state index contributed by atoms with van der Waals surface area (Å²) in [5.41, 5.74) is 4.39. The lowest BCUT2D eigenvalue weighted by atomic mass is 9.96. The SMILES string of the molecule is C#CCCCC[C@@](C)(N)C(=O)O.Cl. The van der Waals surface area contributed by atoms with Crippen molar-refractivity contribution >= 4 is 18.4 Å². The Balaban J connectivity index is 0. The maximum atomic E-state index is 10.5. The quantitative estimate of drug-likeness (QED) is 0.527. The maximum Gasteiger partial charge on any atom is 0.323 e. The van der Waals surface area contributed by atoms with Crippen molar-refractivity contribution in [1.82, 2.24) is 0 Å². The molecule has 3 N–H and O–H groups in total. The number of hydrogen-bond donors (Lipinski definition) is 2. The van der Waals surface area contributed by atoms with Crippen LogP contribution in [0.25, 0.3) is 0 Å². The molecule has 0 aliphatic rings. The van der Waals surface area contributed by atoms with E-state index in [1.807, 2.05) is 0 Å². The van der Waals surface area contributed by atoms with Gasteiger partial charge in [0.1, 0.15) is 5.54 Å². The van der Waals surface area contributed by atoms with Crippen molar-refractivity contribution in [2.24, 2.45) is 5.73 Å². The molecule has 13 heavy (non-hydrogen) atoms. The van der Waals surface area contributed by atoms with Crippen LogP contribution in [0.3, 0.4) is 0 Å². The molecule has 0 aromatic heterocycles. The highest BCUT2D eigenvalue weighted by atomic mass is 35.5. The average Bonchev–Trinajstić information content (AvgIpc) is 1.98. The van der Waals surface area contributed by atoms with Gasteiger partial charge in [-0.25, -0.2) is 0 Å². The molecule has 0 bridgehead atoms. The number of aliphatic carboxylic acids is 1. The molecule has 0 radical (unpaired) electrons. The largest absolute Gasteiger partial charge is 0.480 e. The van der Waals surface area contributed by atoms with Gasteiger partial charge in [-0.2, -0.15) is 0 Å². The van der Waals surface area contributed by atoms with Crippen molar-refractivity contribution in [2.45, 2.75) is 38.1 Å². The Morgan fingerprint density at radius 2 is 2.15 bits per heavy atom. The average molecular weight is 206 g/mol. The molecular formula is C9H16ClNO2. The third-order valence-electron chi connectivity index (χ3n) is 1.76. The van der Waals surface area contributed by atoms with Crippen molar-refractivity contribution in [3.63, 3.8) is 0 Å². The molecule has 0 fully saturated rings. The summed E-state index contributed by atoms with van der Waals surface area (Å²) in [5, 5.41) is 8.63. The van der Waals surface area contributed by atoms with E-state index in [1.165, 1.54) is 6.92 Å². The predicted molar refractivity (Wildman–Crippen MR) is 54.8 cm³/mol. The molecule has 0 saturated carbocycles. The van der Waals surface area contributed by atoms with Gasteiger partial charge >= 0.3 is 5.97 Å². The molecule has 0 amide bonds. The monoisotopic (exact) mass is 205 g/mol. The Kier molecular flexibility index (Phi) is 7.69. The van der Waals surface area contributed by atoms with E-state index < -0.39 is 11.5 Å². The van der Waals surface area contributed by atoms with Crippen molar-refractivity contribution in [3.05, 3.63) is 0 Å². The van der Waals surface area contributed by atoms with Gasteiger partial charge in [-0.15, -0.1) is 24.8 Å². The van der Waals surface area contributed by atoms with E-state index >= 15 is 0 Å². The van der Waals surface area contributed by atoms with Crippen LogP contribution in [-0.2, 0) is 4.79 Å². The van der Waals surface area contributed by atoms with Crippen molar-refractivity contribution in [3.8, 4) is 12.3 Å². The molecule has 0 saturated heterocycles. The maximum absolute atomic E-state index is 10.5. The van der Waals surface area contributed by atoms with Crippen LogP contribution in [0.15, 0.2) is 0 Å². The van der Waals surface area contributed by atoms with Crippen LogP contribution in [0.2, 0.25) is 0 Å². The minimum Gasteiger partial charge on any atom is -0.480 e. The van der Waals surface area contributed by atoms with Gasteiger partial charge in [0.2, 0.25) is 0 Å². The van der Waals surface area contributed by atoms with E-state index in [0.717, 1.165) is 12.8 Å². The third kappa shape index (κ3) is 6.44. The van der Waals surface area contributed by atoms with Gasteiger partial charge in [-0.05, 0) is 19.8 Å². The molecule has 1 atom stereocenters. The van der Waals surface area contributed by atoms with E-state index in [2.05, 4.69) is 5.92 Å². The minimum absolute atomic E-state index is 0. The number of halogens is 1. The second-order valence-electron chi connectivity index (χ2n) is 3.13. The predicted octanol–water partition coefficient (Wildman–Crippen LogP) is 1.40. The first-order valence-corrected chi connectivity index (χ1v) is 3.96. The first-order chi connectivity index (χ1) is 5.50. The van der Waals surface area contributed by atoms with Crippen LogP contribution in [0.5, 0.6) is 0 Å². The van der Waals surface area contributed by atoms with Crippen molar-refractivity contribution in [2.75, 3.05) is 0 Å². The molecule has 0 aliphatic carbocycles. The lowest BCUT2D eigenvalue weighted by Crippen LogP contribution is -2.44. The molecule has 0 aromatic rings. The summed E-state index contributed by atoms with van der Waals surface area (Å²) in [6.07, 6.45) is 7.82. The lowest BCUT2D eigenvalue weighted by Gasteiger charge is -2.18. The van der Waals surface area contributed by atoms with Gasteiger partial charge in [0.15, 0.2) is 0 Å². The number of rotatable bonds is 5. The smallest absolute Gasteiger partial charge is 0.323 e. The topological polar surface area (TPSA) is 63.3 Å². The zero-order chi connectivity index (χ0) is 9.61. The van der Waals surface area contributed by atoms with Crippen molar-refractivity contribution < 1.29 is 9.90 Å². The fourth-order valence-electron chi connectivity index (χ4n) is 0.826. The number of carboxylic acids is 1. The lowest BCUT2D eigenvalue weighted by molar-refractivity contribution is -0.142. The Bertz CT molecular complexity index is 196. The van der Waals surface area contributed by atoms with E-state index in [-0.39, 0.29) is 12.4 Å². The van der Waals surface area contributed by atoms with Crippen LogP contribution in [0.4, 0.5) is 0 Å². The van der Waals surface area contributed by atoms with Crippen LogP contribution < -0.4 is 5.73 Å². The normalized spacial score (nSPS) is 13.6. The number of nitrogens with two attached hydrogens (primary N) is 1. The van der Waals surface area contributed by atoms with Crippen LogP contribution in [-0.4, -0.2) is 16.6 Å². The standard InChI is InChI=1S/C9H15NO2.ClH/c1-3-4-5-6-7-9(2,10)8(11)12;/h1H,4-7,10H2,2H3,(H,11,12);1H/t9-;/m1./s1. The number of carbonyl (C=O) groups is 1. The Morgan fingerprint density at radius 1 is 1.62 bits per heavy atom. The number of unbranched alkanes of at least 4 members (excludes halogenated alkanes) is 2. The molecule has 0 aromatic carbocycles. The van der Waals surface area contributed by atoms with Crippen LogP contribution in [0.1, 0.15) is 32.6 Å². The Hall–Kier alpha value is -0.720. The number of hydrogen-bond acceptors (Lipinski definition) is 2. The zero-order valence-electron chi connectivity index (χ0n) is 7.75. The highest BCUT2D eigenvalue weighted by Crippen LogP contribution is 2.11. The van der Waals surface area contributed by atoms with Gasteiger partial charge < -0.3 is 10.8 Å². The van der Waals surface area contributed by atoms with Gasteiger partial charge in [0.05, 0.1) is 0 Å². The molecule has 0 spiro atoms. The summed E-state index contributed by atoms with van der Waals surface area (Å²) in [5.74, 6) is 1.54. The second-order valence-corrected chi connectivity index (χ2v) is 3.13. The van der Waals surface area contributed by atoms with Crippen molar-refractivity contribution in [1.29, 1.82) is 0 Å². The summed E-state index contributed by atoms with van der Waals surface area (Å²) in [6, 6.07) is 0. The highest BCUT2D eigenvalue weighted by Gasteiger charge is 2.26. The summed E-state index contributed by atoms with van der Waals surface area (Å²) in [7, 11) is 0.